The molecule has 2 N–H and O–H groups in total. The lowest BCUT2D eigenvalue weighted by molar-refractivity contribution is -0.917. The quantitative estimate of drug-likeness (QED) is 0.796. The van der Waals surface area contributed by atoms with E-state index in [4.69, 9.17) is 4.74 Å². The number of nitrogens with one attached hydrogen (secondary N) is 2. The predicted octanol–water partition coefficient (Wildman–Crippen LogP) is 1.27. The predicted molar refractivity (Wildman–Crippen MR) is 91.5 cm³/mol. The number of hydrogen-bond acceptors (Lipinski definition) is 3. The van der Waals surface area contributed by atoms with Gasteiger partial charge in [0.15, 0.2) is 6.04 Å². The first-order valence-electron chi connectivity index (χ1n) is 7.94. The van der Waals surface area contributed by atoms with Crippen molar-refractivity contribution in [2.24, 2.45) is 0 Å². The Kier molecular flexibility index (Phi) is 6.56. The summed E-state index contributed by atoms with van der Waals surface area (Å²) in [6, 6.07) is 4.18. The van der Waals surface area contributed by atoms with Gasteiger partial charge in [0.25, 0.3) is 5.91 Å². The molecular weight excluding hydrogens is 381 g/mol. The van der Waals surface area contributed by atoms with Crippen LogP contribution in [0.3, 0.4) is 0 Å². The molecule has 2 rings (SSSR count). The number of carbonyl (C=O) groups excluding carboxylic acids is 2. The van der Waals surface area contributed by atoms with Crippen molar-refractivity contribution in [1.82, 2.24) is 4.90 Å². The zero-order valence-corrected chi connectivity index (χ0v) is 15.4. The lowest BCUT2D eigenvalue weighted by atomic mass is 10.2. The number of amides is 2. The highest BCUT2D eigenvalue weighted by Gasteiger charge is 2.31. The van der Waals surface area contributed by atoms with Crippen LogP contribution in [0, 0.1) is 5.82 Å². The third-order valence-corrected chi connectivity index (χ3v) is 4.62. The van der Waals surface area contributed by atoms with Crippen molar-refractivity contribution in [3.8, 4) is 0 Å². The molecule has 2 amide bonds. The zero-order chi connectivity index (χ0) is 17.7. The first kappa shape index (κ1) is 18.7. The second-order valence-corrected chi connectivity index (χ2v) is 6.59. The van der Waals surface area contributed by atoms with Gasteiger partial charge in [0.05, 0.1) is 38.5 Å². The first-order chi connectivity index (χ1) is 11.4. The number of ether oxygens (including phenoxy) is 1. The van der Waals surface area contributed by atoms with Gasteiger partial charge in [-0.15, -0.1) is 0 Å². The maximum absolute atomic E-state index is 13.8. The molecule has 0 aromatic heterocycles. The molecular formula is C16H22BrFN3O3+. The normalized spacial score (nSPS) is 16.6. The first-order valence-corrected chi connectivity index (χ1v) is 8.74. The SMILES string of the molecule is CCOC(=O)N1CC[NH+]([C@H](C)C(=O)Nc2ccc(Br)cc2F)CC1. The van der Waals surface area contributed by atoms with Gasteiger partial charge in [-0.05, 0) is 32.0 Å². The Labute approximate surface area is 149 Å². The Bertz CT molecular complexity index is 606. The molecule has 1 aromatic rings. The van der Waals surface area contributed by atoms with E-state index in [1.165, 1.54) is 12.1 Å². The molecule has 0 unspecified atom stereocenters. The summed E-state index contributed by atoms with van der Waals surface area (Å²) in [5.41, 5.74) is 0.166. The molecule has 1 aliphatic heterocycles. The number of anilines is 1. The van der Waals surface area contributed by atoms with Crippen molar-refractivity contribution in [2.45, 2.75) is 19.9 Å². The van der Waals surface area contributed by atoms with E-state index in [2.05, 4.69) is 21.2 Å². The van der Waals surface area contributed by atoms with Crippen LogP contribution in [-0.2, 0) is 9.53 Å². The van der Waals surface area contributed by atoms with Crippen LogP contribution < -0.4 is 10.2 Å². The molecule has 0 bridgehead atoms. The Hall–Kier alpha value is -1.67. The standard InChI is InChI=1S/C16H21BrFN3O3/c1-3-24-16(23)21-8-6-20(7-9-21)11(2)15(22)19-14-5-4-12(17)10-13(14)18/h4-5,10-11H,3,6-9H2,1-2H3,(H,19,22)/p+1/t11-/m1/s1. The van der Waals surface area contributed by atoms with Crippen LogP contribution in [0.4, 0.5) is 14.9 Å². The highest BCUT2D eigenvalue weighted by Crippen LogP contribution is 2.19. The molecule has 1 atom stereocenters. The Morgan fingerprint density at radius 2 is 2.08 bits per heavy atom. The highest BCUT2D eigenvalue weighted by atomic mass is 79.9. The summed E-state index contributed by atoms with van der Waals surface area (Å²) in [5.74, 6) is -0.720. The average molecular weight is 403 g/mol. The maximum Gasteiger partial charge on any atom is 0.410 e. The molecule has 0 aliphatic carbocycles. The minimum atomic E-state index is -0.480. The van der Waals surface area contributed by atoms with Crippen LogP contribution in [0.15, 0.2) is 22.7 Å². The largest absolute Gasteiger partial charge is 0.450 e. The Morgan fingerprint density at radius 3 is 2.67 bits per heavy atom. The molecule has 132 valence electrons. The van der Waals surface area contributed by atoms with Crippen LogP contribution in [0.25, 0.3) is 0 Å². The number of benzene rings is 1. The maximum atomic E-state index is 13.8. The molecule has 6 nitrogen and oxygen atoms in total. The van der Waals surface area contributed by atoms with Crippen molar-refractivity contribution >= 4 is 33.6 Å². The fourth-order valence-electron chi connectivity index (χ4n) is 2.64. The van der Waals surface area contributed by atoms with E-state index >= 15 is 0 Å². The summed E-state index contributed by atoms with van der Waals surface area (Å²) in [6.45, 7) is 6.31. The zero-order valence-electron chi connectivity index (χ0n) is 13.8. The molecule has 1 heterocycles. The minimum absolute atomic E-state index is 0.166. The molecule has 0 saturated carbocycles. The fraction of sp³-hybridized carbons (Fsp3) is 0.500. The van der Waals surface area contributed by atoms with Crippen LogP contribution >= 0.6 is 15.9 Å². The lowest BCUT2D eigenvalue weighted by Crippen LogP contribution is -3.19. The summed E-state index contributed by atoms with van der Waals surface area (Å²) < 4.78 is 19.4. The summed E-state index contributed by atoms with van der Waals surface area (Å²) in [7, 11) is 0. The monoisotopic (exact) mass is 402 g/mol. The second-order valence-electron chi connectivity index (χ2n) is 5.68. The van der Waals surface area contributed by atoms with Crippen LogP contribution in [-0.4, -0.2) is 55.7 Å². The Morgan fingerprint density at radius 1 is 1.42 bits per heavy atom. The fourth-order valence-corrected chi connectivity index (χ4v) is 2.97. The lowest BCUT2D eigenvalue weighted by Gasteiger charge is -2.34. The number of rotatable bonds is 4. The van der Waals surface area contributed by atoms with Gasteiger partial charge in [-0.25, -0.2) is 9.18 Å². The van der Waals surface area contributed by atoms with Gasteiger partial charge in [0.1, 0.15) is 5.82 Å². The molecule has 0 radical (unpaired) electrons. The summed E-state index contributed by atoms with van der Waals surface area (Å²) in [6.07, 6.45) is -0.314. The van der Waals surface area contributed by atoms with E-state index in [0.29, 0.717) is 37.3 Å². The van der Waals surface area contributed by atoms with Crippen molar-refractivity contribution in [3.05, 3.63) is 28.5 Å². The molecule has 8 heteroatoms. The van der Waals surface area contributed by atoms with Gasteiger partial charge in [-0.2, -0.15) is 0 Å². The van der Waals surface area contributed by atoms with Gasteiger partial charge in [-0.1, -0.05) is 15.9 Å². The number of quaternary nitrogens is 1. The highest BCUT2D eigenvalue weighted by molar-refractivity contribution is 9.10. The third-order valence-electron chi connectivity index (χ3n) is 4.13. The van der Waals surface area contributed by atoms with Gasteiger partial charge in [-0.3, -0.25) is 9.69 Å². The molecule has 24 heavy (non-hydrogen) atoms. The number of carbonyl (C=O) groups is 2. The smallest absolute Gasteiger partial charge is 0.410 e. The number of halogens is 2. The number of piperazine rings is 1. The number of hydrogen-bond donors (Lipinski definition) is 2. The molecule has 1 fully saturated rings. The van der Waals surface area contributed by atoms with Crippen molar-refractivity contribution in [1.29, 1.82) is 0 Å². The third kappa shape index (κ3) is 4.67. The van der Waals surface area contributed by atoms with Crippen LogP contribution in [0.1, 0.15) is 13.8 Å². The average Bonchev–Trinajstić information content (AvgIpc) is 2.57. The van der Waals surface area contributed by atoms with Crippen LogP contribution in [0.5, 0.6) is 0 Å². The molecule has 0 spiro atoms. The second kappa shape index (κ2) is 8.43. The van der Waals surface area contributed by atoms with Gasteiger partial charge >= 0.3 is 6.09 Å². The van der Waals surface area contributed by atoms with E-state index < -0.39 is 5.82 Å². The molecule has 1 aromatic carbocycles. The number of nitrogens with zero attached hydrogens (tertiary/aromatic N) is 1. The van der Waals surface area contributed by atoms with Gasteiger partial charge in [0, 0.05) is 4.47 Å². The van der Waals surface area contributed by atoms with E-state index in [1.54, 1.807) is 24.8 Å². The van der Waals surface area contributed by atoms with Crippen molar-refractivity contribution in [3.63, 3.8) is 0 Å². The van der Waals surface area contributed by atoms with Crippen molar-refractivity contribution in [2.75, 3.05) is 38.1 Å². The Balaban J connectivity index is 1.89. The van der Waals surface area contributed by atoms with Crippen molar-refractivity contribution < 1.29 is 23.6 Å². The van der Waals surface area contributed by atoms with E-state index in [9.17, 15) is 14.0 Å². The van der Waals surface area contributed by atoms with Crippen LogP contribution in [0.2, 0.25) is 0 Å². The molecule has 1 aliphatic rings. The van der Waals surface area contributed by atoms with Gasteiger partial charge < -0.3 is 15.0 Å². The summed E-state index contributed by atoms with van der Waals surface area (Å²) in [5, 5.41) is 2.63. The summed E-state index contributed by atoms with van der Waals surface area (Å²) in [4.78, 5) is 26.7. The van der Waals surface area contributed by atoms with E-state index in [0.717, 1.165) is 4.90 Å². The van der Waals surface area contributed by atoms with E-state index in [-0.39, 0.29) is 23.7 Å². The molecule has 1 saturated heterocycles. The summed E-state index contributed by atoms with van der Waals surface area (Å²) >= 11 is 3.18. The van der Waals surface area contributed by atoms with Gasteiger partial charge in [0.2, 0.25) is 0 Å². The minimum Gasteiger partial charge on any atom is -0.450 e. The van der Waals surface area contributed by atoms with E-state index in [1.807, 2.05) is 0 Å². The topological polar surface area (TPSA) is 63.1 Å².